The summed E-state index contributed by atoms with van der Waals surface area (Å²) in [6.45, 7) is 1.92. The van der Waals surface area contributed by atoms with Crippen molar-refractivity contribution in [1.29, 1.82) is 0 Å². The lowest BCUT2D eigenvalue weighted by molar-refractivity contribution is -0.117. The van der Waals surface area contributed by atoms with E-state index in [1.54, 1.807) is 6.07 Å². The quantitative estimate of drug-likeness (QED) is 0.646. The standard InChI is InChI=1S/C21H20ClN3O/c1-13-11-15(9-10-18(13)22)23-21(26)20-12-19(24-25-20)17-8-4-6-14-5-2-3-7-16(14)17/h2-11,19-20,24-25H,12H2,1H3,(H,23,26). The van der Waals surface area contributed by atoms with Crippen LogP contribution in [0.4, 0.5) is 5.69 Å². The molecule has 0 saturated carbocycles. The van der Waals surface area contributed by atoms with Crippen LogP contribution in [-0.2, 0) is 4.79 Å². The molecular weight excluding hydrogens is 346 g/mol. The summed E-state index contributed by atoms with van der Waals surface area (Å²) in [5, 5.41) is 6.07. The third-order valence-electron chi connectivity index (χ3n) is 4.84. The highest BCUT2D eigenvalue weighted by atomic mass is 35.5. The molecule has 3 aromatic carbocycles. The first-order valence-corrected chi connectivity index (χ1v) is 9.05. The van der Waals surface area contributed by atoms with Gasteiger partial charge in [0.05, 0.1) is 0 Å². The van der Waals surface area contributed by atoms with Gasteiger partial charge in [0.15, 0.2) is 0 Å². The monoisotopic (exact) mass is 365 g/mol. The molecule has 0 spiro atoms. The van der Waals surface area contributed by atoms with E-state index in [1.807, 2.05) is 31.2 Å². The molecule has 1 fully saturated rings. The minimum Gasteiger partial charge on any atom is -0.325 e. The molecule has 4 nitrogen and oxygen atoms in total. The van der Waals surface area contributed by atoms with E-state index in [4.69, 9.17) is 11.6 Å². The highest BCUT2D eigenvalue weighted by Gasteiger charge is 2.30. The lowest BCUT2D eigenvalue weighted by Crippen LogP contribution is -2.39. The molecule has 2 unspecified atom stereocenters. The average Bonchev–Trinajstić information content (AvgIpc) is 3.14. The molecule has 1 saturated heterocycles. The predicted molar refractivity (Wildman–Crippen MR) is 106 cm³/mol. The zero-order valence-electron chi connectivity index (χ0n) is 14.4. The van der Waals surface area contributed by atoms with E-state index in [1.165, 1.54) is 16.3 Å². The Morgan fingerprint density at radius 3 is 2.73 bits per heavy atom. The van der Waals surface area contributed by atoms with Crippen LogP contribution in [0.25, 0.3) is 10.8 Å². The summed E-state index contributed by atoms with van der Waals surface area (Å²) in [5.74, 6) is -0.0537. The van der Waals surface area contributed by atoms with Gasteiger partial charge in [-0.05, 0) is 53.4 Å². The van der Waals surface area contributed by atoms with Gasteiger partial charge in [-0.25, -0.2) is 10.9 Å². The predicted octanol–water partition coefficient (Wildman–Crippen LogP) is 4.35. The molecule has 132 valence electrons. The Labute approximate surface area is 157 Å². The number of carbonyl (C=O) groups is 1. The molecule has 1 aliphatic rings. The number of anilines is 1. The number of aryl methyl sites for hydroxylation is 1. The second-order valence-electron chi connectivity index (χ2n) is 6.65. The van der Waals surface area contributed by atoms with Gasteiger partial charge in [-0.2, -0.15) is 0 Å². The molecule has 3 aromatic rings. The highest BCUT2D eigenvalue weighted by molar-refractivity contribution is 6.31. The van der Waals surface area contributed by atoms with Crippen molar-refractivity contribution in [3.8, 4) is 0 Å². The highest BCUT2D eigenvalue weighted by Crippen LogP contribution is 2.29. The maximum absolute atomic E-state index is 12.6. The number of hydrazine groups is 1. The first-order chi connectivity index (χ1) is 12.6. The van der Waals surface area contributed by atoms with Gasteiger partial charge in [-0.15, -0.1) is 0 Å². The van der Waals surface area contributed by atoms with Crippen molar-refractivity contribution >= 4 is 34.0 Å². The molecule has 1 amide bonds. The van der Waals surface area contributed by atoms with Crippen molar-refractivity contribution in [2.24, 2.45) is 0 Å². The van der Waals surface area contributed by atoms with E-state index in [9.17, 15) is 4.79 Å². The Hall–Kier alpha value is -2.40. The Kier molecular flexibility index (Phi) is 4.64. The number of carbonyl (C=O) groups excluding carboxylic acids is 1. The largest absolute Gasteiger partial charge is 0.325 e. The Balaban J connectivity index is 1.49. The van der Waals surface area contributed by atoms with Gasteiger partial charge < -0.3 is 5.32 Å². The van der Waals surface area contributed by atoms with Crippen LogP contribution in [-0.4, -0.2) is 11.9 Å². The summed E-state index contributed by atoms with van der Waals surface area (Å²) in [6.07, 6.45) is 0.687. The van der Waals surface area contributed by atoms with Crippen molar-refractivity contribution in [1.82, 2.24) is 10.9 Å². The zero-order valence-corrected chi connectivity index (χ0v) is 15.2. The number of amides is 1. The van der Waals surface area contributed by atoms with Crippen LogP contribution < -0.4 is 16.2 Å². The molecule has 0 aliphatic carbocycles. The molecule has 26 heavy (non-hydrogen) atoms. The summed E-state index contributed by atoms with van der Waals surface area (Å²) in [4.78, 5) is 12.6. The number of hydrogen-bond donors (Lipinski definition) is 3. The number of benzene rings is 3. The number of hydrogen-bond acceptors (Lipinski definition) is 3. The summed E-state index contributed by atoms with van der Waals surface area (Å²) in [7, 11) is 0. The van der Waals surface area contributed by atoms with Crippen molar-refractivity contribution in [2.45, 2.75) is 25.4 Å². The normalized spacial score (nSPS) is 19.6. The third-order valence-corrected chi connectivity index (χ3v) is 5.27. The van der Waals surface area contributed by atoms with Gasteiger partial charge in [0.2, 0.25) is 5.91 Å². The Bertz CT molecular complexity index is 967. The molecule has 5 heteroatoms. The zero-order chi connectivity index (χ0) is 18.1. The number of rotatable bonds is 3. The SMILES string of the molecule is Cc1cc(NC(=O)C2CC(c3cccc4ccccc34)NN2)ccc1Cl. The fourth-order valence-corrected chi connectivity index (χ4v) is 3.56. The number of fused-ring (bicyclic) bond motifs is 1. The van der Waals surface area contributed by atoms with E-state index in [2.05, 4.69) is 46.5 Å². The first kappa shape index (κ1) is 17.0. The minimum atomic E-state index is -0.296. The van der Waals surface area contributed by atoms with Gasteiger partial charge in [-0.1, -0.05) is 54.1 Å². The molecule has 0 aromatic heterocycles. The van der Waals surface area contributed by atoms with Gasteiger partial charge in [-0.3, -0.25) is 4.79 Å². The Morgan fingerprint density at radius 1 is 1.08 bits per heavy atom. The Morgan fingerprint density at radius 2 is 1.88 bits per heavy atom. The first-order valence-electron chi connectivity index (χ1n) is 8.67. The molecule has 0 radical (unpaired) electrons. The topological polar surface area (TPSA) is 53.2 Å². The van der Waals surface area contributed by atoms with Crippen LogP contribution >= 0.6 is 11.6 Å². The van der Waals surface area contributed by atoms with E-state index in [-0.39, 0.29) is 18.0 Å². The number of halogens is 1. The van der Waals surface area contributed by atoms with Crippen LogP contribution in [0.15, 0.2) is 60.7 Å². The second kappa shape index (κ2) is 7.08. The van der Waals surface area contributed by atoms with Crippen LogP contribution in [0.2, 0.25) is 5.02 Å². The van der Waals surface area contributed by atoms with Crippen LogP contribution in [0.1, 0.15) is 23.6 Å². The molecule has 3 N–H and O–H groups in total. The van der Waals surface area contributed by atoms with E-state index < -0.39 is 0 Å². The molecular formula is C21H20ClN3O. The lowest BCUT2D eigenvalue weighted by Gasteiger charge is -2.13. The molecule has 2 atom stereocenters. The van der Waals surface area contributed by atoms with Crippen molar-refractivity contribution in [3.05, 3.63) is 76.8 Å². The van der Waals surface area contributed by atoms with Gasteiger partial charge in [0.25, 0.3) is 0 Å². The third kappa shape index (κ3) is 3.31. The minimum absolute atomic E-state index is 0.0537. The summed E-state index contributed by atoms with van der Waals surface area (Å²) in [6, 6.07) is 19.9. The number of nitrogens with one attached hydrogen (secondary N) is 3. The van der Waals surface area contributed by atoms with E-state index in [0.29, 0.717) is 11.4 Å². The van der Waals surface area contributed by atoms with Crippen molar-refractivity contribution < 1.29 is 4.79 Å². The van der Waals surface area contributed by atoms with Gasteiger partial charge in [0.1, 0.15) is 6.04 Å². The molecule has 1 heterocycles. The summed E-state index contributed by atoms with van der Waals surface area (Å²) < 4.78 is 0. The molecule has 0 bridgehead atoms. The van der Waals surface area contributed by atoms with Crippen LogP contribution in [0, 0.1) is 6.92 Å². The second-order valence-corrected chi connectivity index (χ2v) is 7.06. The maximum atomic E-state index is 12.6. The van der Waals surface area contributed by atoms with Gasteiger partial charge >= 0.3 is 0 Å². The average molecular weight is 366 g/mol. The van der Waals surface area contributed by atoms with Crippen molar-refractivity contribution in [2.75, 3.05) is 5.32 Å². The van der Waals surface area contributed by atoms with Gasteiger partial charge in [0, 0.05) is 16.8 Å². The molecule has 1 aliphatic heterocycles. The summed E-state index contributed by atoms with van der Waals surface area (Å²) >= 11 is 6.04. The fraction of sp³-hybridized carbons (Fsp3) is 0.190. The maximum Gasteiger partial charge on any atom is 0.242 e. The van der Waals surface area contributed by atoms with Crippen LogP contribution in [0.3, 0.4) is 0 Å². The smallest absolute Gasteiger partial charge is 0.242 e. The van der Waals surface area contributed by atoms with Crippen LogP contribution in [0.5, 0.6) is 0 Å². The fourth-order valence-electron chi connectivity index (χ4n) is 3.44. The summed E-state index contributed by atoms with van der Waals surface area (Å²) in [5.41, 5.74) is 9.30. The van der Waals surface area contributed by atoms with E-state index in [0.717, 1.165) is 11.3 Å². The molecule has 4 rings (SSSR count). The van der Waals surface area contributed by atoms with E-state index >= 15 is 0 Å². The lowest BCUT2D eigenvalue weighted by atomic mass is 9.96. The van der Waals surface area contributed by atoms with Crippen molar-refractivity contribution in [3.63, 3.8) is 0 Å².